The molecule has 92 valence electrons. The van der Waals surface area contributed by atoms with E-state index in [9.17, 15) is 13.6 Å². The van der Waals surface area contributed by atoms with Crippen molar-refractivity contribution >= 4 is 5.78 Å². The highest BCUT2D eigenvalue weighted by Crippen LogP contribution is 2.15. The van der Waals surface area contributed by atoms with Crippen molar-refractivity contribution in [1.82, 2.24) is 4.98 Å². The molecule has 0 unspecified atom stereocenters. The van der Waals surface area contributed by atoms with E-state index in [0.717, 1.165) is 17.7 Å². The van der Waals surface area contributed by atoms with E-state index in [4.69, 9.17) is 0 Å². The summed E-state index contributed by atoms with van der Waals surface area (Å²) in [6, 6.07) is 6.88. The third kappa shape index (κ3) is 2.59. The van der Waals surface area contributed by atoms with Crippen molar-refractivity contribution in [2.45, 2.75) is 13.3 Å². The Morgan fingerprint density at radius 2 is 1.89 bits per heavy atom. The minimum Gasteiger partial charge on any atom is -0.292 e. The number of hydrogen-bond donors (Lipinski definition) is 0. The largest absolute Gasteiger partial charge is 0.292 e. The van der Waals surface area contributed by atoms with Gasteiger partial charge in [0, 0.05) is 18.2 Å². The average Bonchev–Trinajstić information content (AvgIpc) is 2.34. The lowest BCUT2D eigenvalue weighted by Crippen LogP contribution is -2.09. The summed E-state index contributed by atoms with van der Waals surface area (Å²) in [6.45, 7) is 1.82. The highest BCUT2D eigenvalue weighted by Gasteiger charge is 2.15. The number of aryl methyl sites for hydroxylation is 1. The van der Waals surface area contributed by atoms with Crippen molar-refractivity contribution < 1.29 is 13.6 Å². The molecule has 0 saturated carbocycles. The molecule has 0 amide bonds. The lowest BCUT2D eigenvalue weighted by Gasteiger charge is -2.04. The number of pyridine rings is 1. The maximum atomic E-state index is 13.4. The first kappa shape index (κ1) is 12.4. The summed E-state index contributed by atoms with van der Waals surface area (Å²) in [6.07, 6.45) is 1.18. The number of ketones is 1. The zero-order valence-electron chi connectivity index (χ0n) is 9.78. The normalized spacial score (nSPS) is 10.4. The molecule has 0 aliphatic heterocycles. The summed E-state index contributed by atoms with van der Waals surface area (Å²) >= 11 is 0. The average molecular weight is 247 g/mol. The van der Waals surface area contributed by atoms with Crippen LogP contribution in [0.4, 0.5) is 8.78 Å². The van der Waals surface area contributed by atoms with Gasteiger partial charge in [0.1, 0.15) is 17.3 Å². The fraction of sp³-hybridized carbons (Fsp3) is 0.143. The lowest BCUT2D eigenvalue weighted by atomic mass is 10.0. The molecule has 0 N–H and O–H groups in total. The van der Waals surface area contributed by atoms with E-state index in [0.29, 0.717) is 0 Å². The lowest BCUT2D eigenvalue weighted by molar-refractivity contribution is 0.0985. The Hall–Kier alpha value is -2.10. The summed E-state index contributed by atoms with van der Waals surface area (Å²) in [5, 5.41) is 0. The second-order valence-electron chi connectivity index (χ2n) is 4.02. The van der Waals surface area contributed by atoms with Gasteiger partial charge in [0.2, 0.25) is 0 Å². The number of halogens is 2. The van der Waals surface area contributed by atoms with E-state index in [-0.39, 0.29) is 17.7 Å². The molecule has 0 aliphatic rings. The predicted molar refractivity (Wildman–Crippen MR) is 63.4 cm³/mol. The Morgan fingerprint density at radius 3 is 2.50 bits per heavy atom. The van der Waals surface area contributed by atoms with Gasteiger partial charge in [0.05, 0.1) is 0 Å². The van der Waals surface area contributed by atoms with Gasteiger partial charge < -0.3 is 0 Å². The van der Waals surface area contributed by atoms with Crippen LogP contribution in [0, 0.1) is 18.6 Å². The van der Waals surface area contributed by atoms with Crippen molar-refractivity contribution in [3.05, 3.63) is 65.0 Å². The topological polar surface area (TPSA) is 30.0 Å². The van der Waals surface area contributed by atoms with Crippen LogP contribution in [0.15, 0.2) is 36.5 Å². The number of carbonyl (C=O) groups excluding carboxylic acids is 1. The number of carbonyl (C=O) groups is 1. The van der Waals surface area contributed by atoms with Crippen LogP contribution in [-0.4, -0.2) is 10.8 Å². The first-order chi connectivity index (χ1) is 8.58. The number of rotatable bonds is 3. The first-order valence-electron chi connectivity index (χ1n) is 5.46. The number of nitrogens with zero attached hydrogens (tertiary/aromatic N) is 1. The Morgan fingerprint density at radius 1 is 1.22 bits per heavy atom. The molecule has 0 saturated heterocycles. The van der Waals surface area contributed by atoms with Crippen molar-refractivity contribution in [3.8, 4) is 0 Å². The molecule has 1 aromatic heterocycles. The van der Waals surface area contributed by atoms with E-state index < -0.39 is 17.4 Å². The SMILES string of the molecule is Cc1ccnc(C(=O)Cc2c(F)cccc2F)c1. The van der Waals surface area contributed by atoms with Crippen LogP contribution in [0.3, 0.4) is 0 Å². The fourth-order valence-corrected chi connectivity index (χ4v) is 1.64. The quantitative estimate of drug-likeness (QED) is 0.780. The number of Topliss-reactive ketones (excluding diaryl/α,β-unsaturated/α-hetero) is 1. The highest BCUT2D eigenvalue weighted by atomic mass is 19.1. The molecule has 18 heavy (non-hydrogen) atoms. The zero-order valence-corrected chi connectivity index (χ0v) is 9.78. The van der Waals surface area contributed by atoms with E-state index in [1.807, 2.05) is 6.92 Å². The van der Waals surface area contributed by atoms with E-state index >= 15 is 0 Å². The molecule has 4 heteroatoms. The Balaban J connectivity index is 2.27. The van der Waals surface area contributed by atoms with Crippen molar-refractivity contribution in [3.63, 3.8) is 0 Å². The van der Waals surface area contributed by atoms with Crippen molar-refractivity contribution in [2.24, 2.45) is 0 Å². The minimum atomic E-state index is -0.712. The summed E-state index contributed by atoms with van der Waals surface area (Å²) in [7, 11) is 0. The van der Waals surface area contributed by atoms with Crippen molar-refractivity contribution in [1.29, 1.82) is 0 Å². The fourth-order valence-electron chi connectivity index (χ4n) is 1.64. The van der Waals surface area contributed by atoms with Gasteiger partial charge in [0.25, 0.3) is 0 Å². The third-order valence-electron chi connectivity index (χ3n) is 2.60. The van der Waals surface area contributed by atoms with Crippen LogP contribution in [0.25, 0.3) is 0 Å². The summed E-state index contributed by atoms with van der Waals surface area (Å²) < 4.78 is 26.8. The second kappa shape index (κ2) is 5.04. The molecule has 1 heterocycles. The van der Waals surface area contributed by atoms with Gasteiger partial charge in [0.15, 0.2) is 5.78 Å². The summed E-state index contributed by atoms with van der Waals surface area (Å²) in [5.41, 5.74) is 0.880. The molecule has 0 aliphatic carbocycles. The van der Waals surface area contributed by atoms with Crippen LogP contribution in [0.2, 0.25) is 0 Å². The first-order valence-corrected chi connectivity index (χ1v) is 5.46. The minimum absolute atomic E-state index is 0.217. The Kier molecular flexibility index (Phi) is 3.46. The van der Waals surface area contributed by atoms with Gasteiger partial charge in [-0.15, -0.1) is 0 Å². The third-order valence-corrected chi connectivity index (χ3v) is 2.60. The van der Waals surface area contributed by atoms with Crippen LogP contribution >= 0.6 is 0 Å². The van der Waals surface area contributed by atoms with Gasteiger partial charge in [-0.05, 0) is 36.8 Å². The van der Waals surface area contributed by atoms with E-state index in [2.05, 4.69) is 4.98 Å². The molecule has 2 nitrogen and oxygen atoms in total. The van der Waals surface area contributed by atoms with E-state index in [1.165, 1.54) is 12.3 Å². The molecule has 0 radical (unpaired) electrons. The Bertz CT molecular complexity index is 576. The number of aromatic nitrogens is 1. The molecular formula is C14H11F2NO. The molecule has 2 rings (SSSR count). The van der Waals surface area contributed by atoms with Gasteiger partial charge >= 0.3 is 0 Å². The predicted octanol–water partition coefficient (Wildman–Crippen LogP) is 3.09. The monoisotopic (exact) mass is 247 g/mol. The van der Waals surface area contributed by atoms with Gasteiger partial charge in [-0.25, -0.2) is 8.78 Å². The van der Waals surface area contributed by atoms with Gasteiger partial charge in [-0.1, -0.05) is 6.07 Å². The zero-order chi connectivity index (χ0) is 13.1. The molecule has 0 bridgehead atoms. The van der Waals surface area contributed by atoms with Crippen LogP contribution in [-0.2, 0) is 6.42 Å². The molecule has 0 fully saturated rings. The number of benzene rings is 1. The standard InChI is InChI=1S/C14H11F2NO/c1-9-5-6-17-13(7-9)14(18)8-10-11(15)3-2-4-12(10)16/h2-7H,8H2,1H3. The van der Waals surface area contributed by atoms with E-state index in [1.54, 1.807) is 12.1 Å². The second-order valence-corrected chi connectivity index (χ2v) is 4.02. The number of hydrogen-bond acceptors (Lipinski definition) is 2. The van der Waals surface area contributed by atoms with Gasteiger partial charge in [-0.3, -0.25) is 9.78 Å². The van der Waals surface area contributed by atoms with Crippen molar-refractivity contribution in [2.75, 3.05) is 0 Å². The van der Waals surface area contributed by atoms with Crippen LogP contribution in [0.5, 0.6) is 0 Å². The molecule has 2 aromatic rings. The van der Waals surface area contributed by atoms with Crippen LogP contribution in [0.1, 0.15) is 21.6 Å². The van der Waals surface area contributed by atoms with Gasteiger partial charge in [-0.2, -0.15) is 0 Å². The maximum Gasteiger partial charge on any atom is 0.185 e. The molecular weight excluding hydrogens is 236 g/mol. The molecule has 0 spiro atoms. The smallest absolute Gasteiger partial charge is 0.185 e. The summed E-state index contributed by atoms with van der Waals surface area (Å²) in [4.78, 5) is 15.8. The Labute approximate surface area is 103 Å². The van der Waals surface area contributed by atoms with Crippen LogP contribution < -0.4 is 0 Å². The maximum absolute atomic E-state index is 13.4. The highest BCUT2D eigenvalue weighted by molar-refractivity contribution is 5.95. The summed E-state index contributed by atoms with van der Waals surface area (Å²) in [5.74, 6) is -1.82. The molecule has 1 aromatic carbocycles. The molecule has 0 atom stereocenters.